The maximum Gasteiger partial charge on any atom is 0.323 e. The first-order chi connectivity index (χ1) is 16.1. The summed E-state index contributed by atoms with van der Waals surface area (Å²) in [6.45, 7) is -1.07. The maximum absolute atomic E-state index is 15.6. The first kappa shape index (κ1) is 24.6. The Morgan fingerprint density at radius 1 is 0.971 bits per heavy atom. The number of benzene rings is 2. The standard InChI is InChI=1S/C23H18F5N5O/c24-17-6-3-15(4-7-17)1-2-16-5-10-21(31-12-16)23(27,28)22(34,13-33(30)14-32-29)19-9-8-18(25)11-20(19)26/h3-12,14,34H,13,29-30H2/b32-14-. The highest BCUT2D eigenvalue weighted by atomic mass is 19.3. The Balaban J connectivity index is 1.99. The molecule has 3 aromatic rings. The Bertz CT molecular complexity index is 1240. The minimum Gasteiger partial charge on any atom is -0.377 e. The van der Waals surface area contributed by atoms with Gasteiger partial charge in [0.1, 0.15) is 29.5 Å². The van der Waals surface area contributed by atoms with E-state index in [1.165, 1.54) is 30.3 Å². The van der Waals surface area contributed by atoms with Crippen LogP contribution in [-0.4, -0.2) is 28.0 Å². The number of pyridine rings is 1. The summed E-state index contributed by atoms with van der Waals surface area (Å²) in [5.41, 5.74) is -4.40. The predicted octanol–water partition coefficient (Wildman–Crippen LogP) is 2.96. The molecular weight excluding hydrogens is 457 g/mol. The van der Waals surface area contributed by atoms with Crippen LogP contribution in [0.1, 0.15) is 22.4 Å². The van der Waals surface area contributed by atoms with Gasteiger partial charge < -0.3 is 10.9 Å². The van der Waals surface area contributed by atoms with Crippen LogP contribution in [0, 0.1) is 29.3 Å². The molecule has 1 heterocycles. The van der Waals surface area contributed by atoms with Crippen LogP contribution in [0.15, 0.2) is 65.9 Å². The van der Waals surface area contributed by atoms with E-state index in [9.17, 15) is 18.3 Å². The number of halogens is 5. The molecule has 1 unspecified atom stereocenters. The topological polar surface area (TPSA) is 101 Å². The number of aliphatic hydroxyl groups is 1. The van der Waals surface area contributed by atoms with Gasteiger partial charge in [-0.2, -0.15) is 13.9 Å². The van der Waals surface area contributed by atoms with Crippen LogP contribution in [0.25, 0.3) is 0 Å². The lowest BCUT2D eigenvalue weighted by atomic mass is 9.84. The molecule has 34 heavy (non-hydrogen) atoms. The van der Waals surface area contributed by atoms with Crippen LogP contribution in [0.5, 0.6) is 0 Å². The number of alkyl halides is 2. The Morgan fingerprint density at radius 3 is 2.18 bits per heavy atom. The summed E-state index contributed by atoms with van der Waals surface area (Å²) < 4.78 is 72.0. The fourth-order valence-corrected chi connectivity index (χ4v) is 3.11. The van der Waals surface area contributed by atoms with Gasteiger partial charge in [0.2, 0.25) is 0 Å². The Hall–Kier alpha value is -4.01. The zero-order chi connectivity index (χ0) is 24.9. The van der Waals surface area contributed by atoms with Crippen LogP contribution >= 0.6 is 0 Å². The second kappa shape index (κ2) is 9.86. The number of rotatable bonds is 6. The molecule has 1 aromatic heterocycles. The molecule has 0 bridgehead atoms. The molecule has 3 rings (SSSR count). The van der Waals surface area contributed by atoms with Crippen molar-refractivity contribution in [2.75, 3.05) is 6.54 Å². The minimum absolute atomic E-state index is 0.246. The lowest BCUT2D eigenvalue weighted by molar-refractivity contribution is -0.203. The molecular formula is C23H18F5N5O. The molecule has 2 aromatic carbocycles. The van der Waals surface area contributed by atoms with Crippen molar-refractivity contribution in [1.82, 2.24) is 9.99 Å². The zero-order valence-electron chi connectivity index (χ0n) is 17.4. The van der Waals surface area contributed by atoms with Crippen LogP contribution in [0.2, 0.25) is 0 Å². The minimum atomic E-state index is -4.21. The van der Waals surface area contributed by atoms with Crippen molar-refractivity contribution in [3.05, 3.63) is 101 Å². The average Bonchev–Trinajstić information content (AvgIpc) is 2.79. The van der Waals surface area contributed by atoms with Crippen molar-refractivity contribution in [3.8, 4) is 11.8 Å². The fourth-order valence-electron chi connectivity index (χ4n) is 3.11. The normalized spacial score (nSPS) is 13.3. The van der Waals surface area contributed by atoms with Gasteiger partial charge in [-0.1, -0.05) is 11.8 Å². The molecule has 1 atom stereocenters. The second-order valence-electron chi connectivity index (χ2n) is 7.18. The summed E-state index contributed by atoms with van der Waals surface area (Å²) in [6.07, 6.45) is 1.77. The molecule has 176 valence electrons. The lowest BCUT2D eigenvalue weighted by Crippen LogP contribution is -2.53. The van der Waals surface area contributed by atoms with Crippen molar-refractivity contribution in [2.24, 2.45) is 16.8 Å². The van der Waals surface area contributed by atoms with Crippen LogP contribution in [0.4, 0.5) is 22.0 Å². The smallest absolute Gasteiger partial charge is 0.323 e. The molecule has 0 aliphatic carbocycles. The predicted molar refractivity (Wildman–Crippen MR) is 114 cm³/mol. The molecule has 0 aliphatic rings. The molecule has 0 radical (unpaired) electrons. The van der Waals surface area contributed by atoms with Gasteiger partial charge in [0.25, 0.3) is 0 Å². The average molecular weight is 475 g/mol. The van der Waals surface area contributed by atoms with Crippen molar-refractivity contribution in [1.29, 1.82) is 0 Å². The third-order valence-electron chi connectivity index (χ3n) is 4.80. The van der Waals surface area contributed by atoms with Gasteiger partial charge in [-0.15, -0.1) is 0 Å². The highest BCUT2D eigenvalue weighted by Gasteiger charge is 2.58. The van der Waals surface area contributed by atoms with Crippen LogP contribution in [0.3, 0.4) is 0 Å². The van der Waals surface area contributed by atoms with Gasteiger partial charge in [0.05, 0.1) is 6.54 Å². The van der Waals surface area contributed by atoms with E-state index in [2.05, 4.69) is 21.9 Å². The Morgan fingerprint density at radius 2 is 1.59 bits per heavy atom. The van der Waals surface area contributed by atoms with Gasteiger partial charge in [-0.05, 0) is 48.5 Å². The molecule has 5 N–H and O–H groups in total. The van der Waals surface area contributed by atoms with Crippen LogP contribution < -0.4 is 11.7 Å². The molecule has 0 fully saturated rings. The van der Waals surface area contributed by atoms with Gasteiger partial charge in [0.15, 0.2) is 5.60 Å². The van der Waals surface area contributed by atoms with E-state index < -0.39 is 46.8 Å². The van der Waals surface area contributed by atoms with E-state index in [1.807, 2.05) is 0 Å². The fraction of sp³-hybridized carbons (Fsp3) is 0.130. The van der Waals surface area contributed by atoms with E-state index in [0.29, 0.717) is 22.7 Å². The molecule has 0 saturated heterocycles. The number of hydrazone groups is 1. The van der Waals surface area contributed by atoms with Gasteiger partial charge in [-0.3, -0.25) is 9.99 Å². The summed E-state index contributed by atoms with van der Waals surface area (Å²) >= 11 is 0. The molecule has 0 spiro atoms. The van der Waals surface area contributed by atoms with E-state index >= 15 is 8.78 Å². The molecule has 0 amide bonds. The third-order valence-corrected chi connectivity index (χ3v) is 4.80. The third kappa shape index (κ3) is 5.14. The Kier molecular flexibility index (Phi) is 7.14. The first-order valence-electron chi connectivity index (χ1n) is 9.61. The molecule has 11 heteroatoms. The molecule has 0 saturated carbocycles. The SMILES string of the molecule is N/N=C\N(N)CC(O)(c1ccc(F)cc1F)C(F)(F)c1ccc(C#Cc2ccc(F)cc2)cn1. The van der Waals surface area contributed by atoms with Gasteiger partial charge in [0, 0.05) is 29.0 Å². The van der Waals surface area contributed by atoms with E-state index in [-0.39, 0.29) is 5.56 Å². The molecule has 0 aliphatic heterocycles. The molecule has 6 nitrogen and oxygen atoms in total. The number of hydrazine groups is 1. The monoisotopic (exact) mass is 475 g/mol. The largest absolute Gasteiger partial charge is 0.377 e. The van der Waals surface area contributed by atoms with E-state index in [4.69, 9.17) is 11.7 Å². The van der Waals surface area contributed by atoms with Gasteiger partial charge >= 0.3 is 5.92 Å². The number of nitrogens with zero attached hydrogens (tertiary/aromatic N) is 3. The van der Waals surface area contributed by atoms with Crippen molar-refractivity contribution in [3.63, 3.8) is 0 Å². The van der Waals surface area contributed by atoms with Gasteiger partial charge in [-0.25, -0.2) is 19.0 Å². The summed E-state index contributed by atoms with van der Waals surface area (Å²) in [7, 11) is 0. The first-order valence-corrected chi connectivity index (χ1v) is 9.61. The van der Waals surface area contributed by atoms with E-state index in [0.717, 1.165) is 24.7 Å². The highest BCUT2D eigenvalue weighted by molar-refractivity contribution is 5.54. The van der Waals surface area contributed by atoms with Crippen LogP contribution in [-0.2, 0) is 11.5 Å². The second-order valence-corrected chi connectivity index (χ2v) is 7.18. The highest BCUT2D eigenvalue weighted by Crippen LogP contribution is 2.45. The van der Waals surface area contributed by atoms with Crippen molar-refractivity contribution < 1.29 is 27.1 Å². The van der Waals surface area contributed by atoms with Crippen molar-refractivity contribution in [2.45, 2.75) is 11.5 Å². The Labute approximate surface area is 191 Å². The number of hydrogen-bond acceptors (Lipinski definition) is 5. The summed E-state index contributed by atoms with van der Waals surface area (Å²) in [5.74, 6) is 8.84. The lowest BCUT2D eigenvalue weighted by Gasteiger charge is -2.37. The number of nitrogens with two attached hydrogens (primary N) is 2. The zero-order valence-corrected chi connectivity index (χ0v) is 17.4. The summed E-state index contributed by atoms with van der Waals surface area (Å²) in [4.78, 5) is 3.68. The van der Waals surface area contributed by atoms with E-state index in [1.54, 1.807) is 0 Å². The van der Waals surface area contributed by atoms with Crippen molar-refractivity contribution >= 4 is 6.34 Å². The summed E-state index contributed by atoms with van der Waals surface area (Å²) in [5, 5.41) is 14.6. The maximum atomic E-state index is 15.6. The quantitative estimate of drug-likeness (QED) is 0.127. The summed E-state index contributed by atoms with van der Waals surface area (Å²) in [6, 6.07) is 9.21. The number of aromatic nitrogens is 1. The number of hydrogen-bond donors (Lipinski definition) is 3.